The summed E-state index contributed by atoms with van der Waals surface area (Å²) in [5.74, 6) is -2.46. The number of hydrogen-bond donors (Lipinski definition) is 5. The smallest absolute Gasteiger partial charge is 0.229 e. The molecule has 0 bridgehead atoms. The first-order chi connectivity index (χ1) is 14.4. The molecular formula is C21H22ClN5O3. The predicted octanol–water partition coefficient (Wildman–Crippen LogP) is 1.78. The molecule has 2 heterocycles. The van der Waals surface area contributed by atoms with Crippen LogP contribution in [0.4, 0.5) is 11.4 Å². The van der Waals surface area contributed by atoms with E-state index in [1.807, 2.05) is 25.1 Å². The van der Waals surface area contributed by atoms with Crippen LogP contribution in [0.3, 0.4) is 0 Å². The van der Waals surface area contributed by atoms with Crippen LogP contribution in [0, 0.1) is 18.8 Å². The number of hydrogen-bond acceptors (Lipinski definition) is 5. The molecule has 0 aliphatic carbocycles. The van der Waals surface area contributed by atoms with Gasteiger partial charge in [0.2, 0.25) is 17.7 Å². The molecule has 2 aromatic carbocycles. The van der Waals surface area contributed by atoms with E-state index >= 15 is 0 Å². The van der Waals surface area contributed by atoms with E-state index in [1.54, 1.807) is 30.3 Å². The summed E-state index contributed by atoms with van der Waals surface area (Å²) in [7, 11) is 0. The van der Waals surface area contributed by atoms with Crippen LogP contribution < -0.4 is 26.6 Å². The van der Waals surface area contributed by atoms with Crippen LogP contribution in [0.25, 0.3) is 0 Å². The van der Waals surface area contributed by atoms with Crippen LogP contribution in [-0.4, -0.2) is 30.2 Å². The molecule has 0 radical (unpaired) electrons. The zero-order chi connectivity index (χ0) is 21.3. The number of fused-ring (bicyclic) bond motifs is 1. The Morgan fingerprint density at radius 2 is 1.83 bits per heavy atom. The quantitative estimate of drug-likeness (QED) is 0.510. The minimum absolute atomic E-state index is 0.0524. The predicted molar refractivity (Wildman–Crippen MR) is 113 cm³/mol. The summed E-state index contributed by atoms with van der Waals surface area (Å²) in [4.78, 5) is 38.0. The van der Waals surface area contributed by atoms with Gasteiger partial charge in [0.05, 0.1) is 18.0 Å². The number of anilines is 2. The summed E-state index contributed by atoms with van der Waals surface area (Å²) in [5.41, 5.74) is 2.38. The molecule has 2 aliphatic heterocycles. The van der Waals surface area contributed by atoms with Crippen LogP contribution in [0.1, 0.15) is 12.0 Å². The first kappa shape index (κ1) is 20.2. The number of amides is 3. The lowest BCUT2D eigenvalue weighted by Crippen LogP contribution is -2.72. The molecule has 9 heteroatoms. The van der Waals surface area contributed by atoms with Gasteiger partial charge >= 0.3 is 0 Å². The van der Waals surface area contributed by atoms with Crippen molar-refractivity contribution in [3.63, 3.8) is 0 Å². The highest BCUT2D eigenvalue weighted by Crippen LogP contribution is 2.28. The largest absolute Gasteiger partial charge is 0.353 e. The van der Waals surface area contributed by atoms with Crippen molar-refractivity contribution in [2.24, 2.45) is 11.8 Å². The SMILES string of the molecule is Cc1cccc(NC(=O)C2CC(=O)NC3NC(Nc4ccc(Cl)cc4)NC(=O)C32)c1. The van der Waals surface area contributed by atoms with E-state index < -0.39 is 24.3 Å². The highest BCUT2D eigenvalue weighted by Gasteiger charge is 2.48. The highest BCUT2D eigenvalue weighted by molar-refractivity contribution is 6.30. The van der Waals surface area contributed by atoms with Gasteiger partial charge in [0, 0.05) is 22.8 Å². The van der Waals surface area contributed by atoms with Crippen LogP contribution >= 0.6 is 11.6 Å². The molecule has 2 aromatic rings. The molecule has 4 atom stereocenters. The summed E-state index contributed by atoms with van der Waals surface area (Å²) >= 11 is 5.90. The Bertz CT molecular complexity index is 981. The number of carbonyl (C=O) groups excluding carboxylic acids is 3. The van der Waals surface area contributed by atoms with Gasteiger partial charge in [-0.1, -0.05) is 23.7 Å². The number of rotatable bonds is 4. The molecule has 30 heavy (non-hydrogen) atoms. The van der Waals surface area contributed by atoms with Crippen molar-refractivity contribution >= 4 is 40.7 Å². The van der Waals surface area contributed by atoms with E-state index in [-0.39, 0.29) is 24.1 Å². The Morgan fingerprint density at radius 1 is 1.07 bits per heavy atom. The van der Waals surface area contributed by atoms with E-state index in [0.29, 0.717) is 10.7 Å². The van der Waals surface area contributed by atoms with E-state index in [4.69, 9.17) is 11.6 Å². The number of benzene rings is 2. The molecule has 2 fully saturated rings. The number of halogens is 1. The lowest BCUT2D eigenvalue weighted by Gasteiger charge is -2.43. The van der Waals surface area contributed by atoms with Gasteiger partial charge in [-0.2, -0.15) is 0 Å². The molecule has 156 valence electrons. The molecule has 4 unspecified atom stereocenters. The molecule has 4 rings (SSSR count). The van der Waals surface area contributed by atoms with Gasteiger partial charge in [-0.25, -0.2) is 0 Å². The molecule has 0 aromatic heterocycles. The van der Waals surface area contributed by atoms with Gasteiger partial charge in [-0.3, -0.25) is 19.7 Å². The lowest BCUT2D eigenvalue weighted by molar-refractivity contribution is -0.144. The first-order valence-corrected chi connectivity index (χ1v) is 10.0. The van der Waals surface area contributed by atoms with Crippen molar-refractivity contribution in [2.75, 3.05) is 10.6 Å². The molecule has 5 N–H and O–H groups in total. The van der Waals surface area contributed by atoms with Gasteiger partial charge in [0.1, 0.15) is 0 Å². The normalized spacial score (nSPS) is 25.5. The zero-order valence-corrected chi connectivity index (χ0v) is 17.0. The third-order valence-electron chi connectivity index (χ3n) is 5.23. The number of carbonyl (C=O) groups is 3. The average molecular weight is 428 g/mol. The standard InChI is InChI=1S/C21H22ClN5O3/c1-11-3-2-4-14(9-11)23-19(29)15-10-16(28)25-18-17(15)20(30)27-21(26-18)24-13-7-5-12(22)6-8-13/h2-9,15,17-18,21,24,26H,10H2,1H3,(H,23,29)(H,25,28)(H,27,30). The van der Waals surface area contributed by atoms with Crippen molar-refractivity contribution in [2.45, 2.75) is 25.8 Å². The van der Waals surface area contributed by atoms with Crippen molar-refractivity contribution < 1.29 is 14.4 Å². The topological polar surface area (TPSA) is 111 Å². The van der Waals surface area contributed by atoms with Crippen molar-refractivity contribution in [3.8, 4) is 0 Å². The molecular weight excluding hydrogens is 406 g/mol. The fourth-order valence-electron chi connectivity index (χ4n) is 3.82. The Labute approximate surface area is 178 Å². The lowest BCUT2D eigenvalue weighted by atomic mass is 9.81. The van der Waals surface area contributed by atoms with Gasteiger partial charge in [-0.15, -0.1) is 0 Å². The maximum atomic E-state index is 12.9. The molecule has 3 amide bonds. The number of aryl methyl sites for hydroxylation is 1. The van der Waals surface area contributed by atoms with E-state index in [9.17, 15) is 14.4 Å². The van der Waals surface area contributed by atoms with Gasteiger partial charge in [0.25, 0.3) is 0 Å². The summed E-state index contributed by atoms with van der Waals surface area (Å²) in [5, 5.41) is 15.3. The molecule has 0 saturated carbocycles. The van der Waals surface area contributed by atoms with Gasteiger partial charge in [-0.05, 0) is 48.9 Å². The zero-order valence-electron chi connectivity index (χ0n) is 16.2. The van der Waals surface area contributed by atoms with Gasteiger partial charge in [0.15, 0.2) is 6.29 Å². The number of piperidine rings is 1. The summed E-state index contributed by atoms with van der Waals surface area (Å²) in [6, 6.07) is 14.4. The second kappa shape index (κ2) is 8.33. The summed E-state index contributed by atoms with van der Waals surface area (Å²) in [6.45, 7) is 1.92. The summed E-state index contributed by atoms with van der Waals surface area (Å²) in [6.07, 6.45) is -1.33. The highest BCUT2D eigenvalue weighted by atomic mass is 35.5. The Hall–Kier alpha value is -3.10. The third kappa shape index (κ3) is 4.39. The van der Waals surface area contributed by atoms with Crippen molar-refractivity contribution in [3.05, 3.63) is 59.1 Å². The maximum absolute atomic E-state index is 12.9. The maximum Gasteiger partial charge on any atom is 0.229 e. The first-order valence-electron chi connectivity index (χ1n) is 9.64. The van der Waals surface area contributed by atoms with Crippen molar-refractivity contribution in [1.82, 2.24) is 16.0 Å². The van der Waals surface area contributed by atoms with E-state index in [2.05, 4.69) is 26.6 Å². The minimum Gasteiger partial charge on any atom is -0.353 e. The van der Waals surface area contributed by atoms with Crippen LogP contribution in [0.15, 0.2) is 48.5 Å². The second-order valence-corrected chi connectivity index (χ2v) is 7.94. The average Bonchev–Trinajstić information content (AvgIpc) is 2.69. The number of nitrogens with one attached hydrogen (secondary N) is 5. The van der Waals surface area contributed by atoms with Crippen LogP contribution in [-0.2, 0) is 14.4 Å². The monoisotopic (exact) mass is 427 g/mol. The van der Waals surface area contributed by atoms with Crippen LogP contribution in [0.2, 0.25) is 5.02 Å². The van der Waals surface area contributed by atoms with Crippen molar-refractivity contribution in [1.29, 1.82) is 0 Å². The third-order valence-corrected chi connectivity index (χ3v) is 5.48. The Kier molecular flexibility index (Phi) is 5.61. The fourth-order valence-corrected chi connectivity index (χ4v) is 3.95. The Morgan fingerprint density at radius 3 is 2.57 bits per heavy atom. The summed E-state index contributed by atoms with van der Waals surface area (Å²) < 4.78 is 0. The Balaban J connectivity index is 1.48. The molecule has 2 saturated heterocycles. The van der Waals surface area contributed by atoms with E-state index in [1.165, 1.54) is 0 Å². The fraction of sp³-hybridized carbons (Fsp3) is 0.286. The van der Waals surface area contributed by atoms with Gasteiger partial charge < -0.3 is 21.3 Å². The second-order valence-electron chi connectivity index (χ2n) is 7.50. The van der Waals surface area contributed by atoms with E-state index in [0.717, 1.165) is 11.3 Å². The molecule has 0 spiro atoms. The minimum atomic E-state index is -0.784. The van der Waals surface area contributed by atoms with Crippen LogP contribution in [0.5, 0.6) is 0 Å². The molecule has 2 aliphatic rings. The molecule has 8 nitrogen and oxygen atoms in total.